The fraction of sp³-hybridized carbons (Fsp3) is 0. The number of hydrogen-bond donors (Lipinski definition) is 0. The van der Waals surface area contributed by atoms with Crippen molar-refractivity contribution in [1.82, 2.24) is 4.57 Å². The first-order valence-electron chi connectivity index (χ1n) is 19.7. The quantitative estimate of drug-likeness (QED) is 0.168. The minimum atomic E-state index is 0.856. The molecule has 0 saturated carbocycles. The molecule has 272 valence electrons. The maximum atomic E-state index is 6.60. The first-order chi connectivity index (χ1) is 28.8. The molecule has 0 fully saturated rings. The third-order valence-corrected chi connectivity index (χ3v) is 12.8. The molecule has 0 N–H and O–H groups in total. The van der Waals surface area contributed by atoms with Gasteiger partial charge >= 0.3 is 0 Å². The van der Waals surface area contributed by atoms with Crippen LogP contribution in [0.25, 0.3) is 91.9 Å². The van der Waals surface area contributed by atoms with Crippen LogP contribution < -0.4 is 4.90 Å². The van der Waals surface area contributed by atoms with Crippen LogP contribution in [0.1, 0.15) is 0 Å². The van der Waals surface area contributed by atoms with Crippen LogP contribution in [0, 0.1) is 0 Å². The lowest BCUT2D eigenvalue weighted by molar-refractivity contribution is 0.669. The van der Waals surface area contributed by atoms with E-state index in [0.29, 0.717) is 0 Å². The van der Waals surface area contributed by atoms with E-state index in [0.717, 1.165) is 55.7 Å². The molecule has 3 heterocycles. The van der Waals surface area contributed by atoms with E-state index in [1.54, 1.807) is 0 Å². The van der Waals surface area contributed by atoms with E-state index in [-0.39, 0.29) is 0 Å². The minimum Gasteiger partial charge on any atom is -0.456 e. The van der Waals surface area contributed by atoms with E-state index in [1.165, 1.54) is 53.2 Å². The van der Waals surface area contributed by atoms with Gasteiger partial charge in [-0.1, -0.05) is 146 Å². The maximum absolute atomic E-state index is 6.60. The van der Waals surface area contributed by atoms with Crippen LogP contribution in [-0.2, 0) is 0 Å². The van der Waals surface area contributed by atoms with Crippen LogP contribution in [0.5, 0.6) is 0 Å². The van der Waals surface area contributed by atoms with Crippen LogP contribution in [0.3, 0.4) is 0 Å². The van der Waals surface area contributed by atoms with Crippen molar-refractivity contribution in [3.63, 3.8) is 0 Å². The Labute approximate surface area is 338 Å². The van der Waals surface area contributed by atoms with Gasteiger partial charge in [-0.25, -0.2) is 0 Å². The fourth-order valence-electron chi connectivity index (χ4n) is 9.19. The lowest BCUT2D eigenvalue weighted by Crippen LogP contribution is -2.12. The molecule has 0 amide bonds. The molecule has 4 heteroatoms. The fourth-order valence-corrected chi connectivity index (χ4v) is 10.4. The first-order valence-corrected chi connectivity index (χ1v) is 20.5. The zero-order chi connectivity index (χ0) is 38.2. The number of hydrogen-bond acceptors (Lipinski definition) is 3. The molecule has 3 nitrogen and oxygen atoms in total. The van der Waals surface area contributed by atoms with Crippen LogP contribution in [-0.4, -0.2) is 4.57 Å². The summed E-state index contributed by atoms with van der Waals surface area (Å²) in [4.78, 5) is 2.52. The highest BCUT2D eigenvalue weighted by Crippen LogP contribution is 2.53. The largest absolute Gasteiger partial charge is 0.456 e. The highest BCUT2D eigenvalue weighted by Gasteiger charge is 2.28. The summed E-state index contributed by atoms with van der Waals surface area (Å²) >= 11 is 1.87. The second kappa shape index (κ2) is 13.1. The highest BCUT2D eigenvalue weighted by molar-refractivity contribution is 7.26. The predicted molar refractivity (Wildman–Crippen MR) is 247 cm³/mol. The molecular weight excluding hydrogens is 725 g/mol. The molecule has 0 atom stereocenters. The smallest absolute Gasteiger partial charge is 0.137 e. The SMILES string of the molecule is c1ccc(-c2cccc(N(c3cccc4oc5ccccc5c34)c3cccc4c3c3ccccc3n4-c3ccccc3)c2-c2cccc3c2sc2ccccc23)cc1. The molecule has 0 saturated heterocycles. The molecule has 12 aromatic rings. The molecule has 0 aliphatic heterocycles. The Hall–Kier alpha value is -7.40. The van der Waals surface area contributed by atoms with Gasteiger partial charge in [0.2, 0.25) is 0 Å². The van der Waals surface area contributed by atoms with E-state index in [1.807, 2.05) is 11.3 Å². The molecular formula is C54H34N2OS. The van der Waals surface area contributed by atoms with E-state index in [9.17, 15) is 0 Å². The summed E-state index contributed by atoms with van der Waals surface area (Å²) in [5.41, 5.74) is 13.1. The predicted octanol–water partition coefficient (Wildman–Crippen LogP) is 15.9. The molecule has 0 spiro atoms. The number of anilines is 3. The molecule has 0 aliphatic rings. The molecule has 12 rings (SSSR count). The molecule has 58 heavy (non-hydrogen) atoms. The van der Waals surface area contributed by atoms with Gasteiger partial charge < -0.3 is 13.9 Å². The van der Waals surface area contributed by atoms with Gasteiger partial charge in [0.1, 0.15) is 11.2 Å². The Morgan fingerprint density at radius 1 is 0.397 bits per heavy atom. The monoisotopic (exact) mass is 758 g/mol. The van der Waals surface area contributed by atoms with Crippen molar-refractivity contribution < 1.29 is 4.42 Å². The van der Waals surface area contributed by atoms with Crippen LogP contribution in [0.15, 0.2) is 211 Å². The zero-order valence-corrected chi connectivity index (χ0v) is 32.2. The summed E-state index contributed by atoms with van der Waals surface area (Å²) in [5, 5.41) is 7.10. The Bertz CT molecular complexity index is 3520. The van der Waals surface area contributed by atoms with Gasteiger partial charge in [-0.2, -0.15) is 0 Å². The lowest BCUT2D eigenvalue weighted by Gasteiger charge is -2.30. The van der Waals surface area contributed by atoms with Gasteiger partial charge in [-0.05, 0) is 71.8 Å². The number of furan rings is 1. The Morgan fingerprint density at radius 2 is 0.983 bits per heavy atom. The summed E-state index contributed by atoms with van der Waals surface area (Å²) in [6, 6.07) is 74.5. The van der Waals surface area contributed by atoms with Crippen LogP contribution in [0.2, 0.25) is 0 Å². The second-order valence-corrected chi connectivity index (χ2v) is 15.8. The topological polar surface area (TPSA) is 21.3 Å². The number of aromatic nitrogens is 1. The Kier molecular flexibility index (Phi) is 7.40. The summed E-state index contributed by atoms with van der Waals surface area (Å²) in [6.45, 7) is 0. The Morgan fingerprint density at radius 3 is 1.84 bits per heavy atom. The van der Waals surface area contributed by atoms with Gasteiger partial charge in [-0.15, -0.1) is 11.3 Å². The van der Waals surface area contributed by atoms with Crippen molar-refractivity contribution in [2.75, 3.05) is 4.90 Å². The standard InChI is InChI=1S/C54H34N2OS/c1-3-17-35(18-4-1)37-24-14-28-44(51(37)42-26-13-25-39-38-21-9-12-34-50(38)58-54(39)42)56(47-31-16-33-49-53(47)41-23-8-11-32-48(41)57-49)46-30-15-29-45-52(46)40-22-7-10-27-43(40)55(45)36-19-5-2-6-20-36/h1-34H. The molecule has 0 aliphatic carbocycles. The summed E-state index contributed by atoms with van der Waals surface area (Å²) < 4.78 is 11.6. The van der Waals surface area contributed by atoms with Crippen LogP contribution in [0.4, 0.5) is 17.1 Å². The summed E-state index contributed by atoms with van der Waals surface area (Å²) in [5.74, 6) is 0. The molecule has 0 radical (unpaired) electrons. The number of para-hydroxylation sites is 3. The van der Waals surface area contributed by atoms with Gasteiger partial charge in [0.15, 0.2) is 0 Å². The normalized spacial score (nSPS) is 11.8. The van der Waals surface area contributed by atoms with Crippen molar-refractivity contribution in [1.29, 1.82) is 0 Å². The van der Waals surface area contributed by atoms with Crippen molar-refractivity contribution in [3.8, 4) is 27.9 Å². The van der Waals surface area contributed by atoms with Crippen molar-refractivity contribution in [3.05, 3.63) is 206 Å². The average molecular weight is 759 g/mol. The van der Waals surface area contributed by atoms with Crippen molar-refractivity contribution in [2.45, 2.75) is 0 Å². The molecule has 0 unspecified atom stereocenters. The van der Waals surface area contributed by atoms with Crippen LogP contribution >= 0.6 is 11.3 Å². The summed E-state index contributed by atoms with van der Waals surface area (Å²) in [7, 11) is 0. The number of thiophene rings is 1. The van der Waals surface area contributed by atoms with E-state index < -0.39 is 0 Å². The second-order valence-electron chi connectivity index (χ2n) is 14.8. The van der Waals surface area contributed by atoms with Gasteiger partial charge in [-0.3, -0.25) is 0 Å². The number of benzene rings is 9. The maximum Gasteiger partial charge on any atom is 0.137 e. The number of fused-ring (bicyclic) bond motifs is 9. The lowest BCUT2D eigenvalue weighted by atomic mass is 9.91. The Balaban J connectivity index is 1.26. The summed E-state index contributed by atoms with van der Waals surface area (Å²) in [6.07, 6.45) is 0. The third kappa shape index (κ3) is 4.92. The molecule has 3 aromatic heterocycles. The average Bonchev–Trinajstić information content (AvgIpc) is 3.97. The van der Waals surface area contributed by atoms with Gasteiger partial charge in [0.05, 0.1) is 33.5 Å². The minimum absolute atomic E-state index is 0.856. The van der Waals surface area contributed by atoms with Gasteiger partial charge in [0.25, 0.3) is 0 Å². The highest BCUT2D eigenvalue weighted by atomic mass is 32.1. The molecule has 0 bridgehead atoms. The van der Waals surface area contributed by atoms with E-state index in [2.05, 4.69) is 216 Å². The number of nitrogens with zero attached hydrogens (tertiary/aromatic N) is 2. The van der Waals surface area contributed by atoms with E-state index in [4.69, 9.17) is 4.42 Å². The van der Waals surface area contributed by atoms with Gasteiger partial charge in [0, 0.05) is 53.1 Å². The van der Waals surface area contributed by atoms with Crippen molar-refractivity contribution >= 4 is 92.3 Å². The third-order valence-electron chi connectivity index (χ3n) is 11.6. The number of rotatable bonds is 6. The zero-order valence-electron chi connectivity index (χ0n) is 31.3. The van der Waals surface area contributed by atoms with E-state index >= 15 is 0 Å². The molecule has 9 aromatic carbocycles. The first kappa shape index (κ1) is 32.8. The van der Waals surface area contributed by atoms with Crippen molar-refractivity contribution in [2.24, 2.45) is 0 Å².